The standard InChI is InChI=1S/C26H32Cl3FO4S/c1-12(2)32-21(35)26-18(33-22(3,4)34-26)10-13-14-9-15(30)19-20(28)16(31)7-8-23(19,5)25(14,29)17(27)11-24(13,26)6/h7-8,12-15,17-18H,9-11H2,1-6H3/t13-,14-,15-,17-,18+,23-,24-,25-,26-/m0/s1. The molecule has 0 aromatic carbocycles. The van der Waals surface area contributed by atoms with Gasteiger partial charge in [-0.05, 0) is 82.7 Å². The Bertz CT molecular complexity index is 1060. The maximum atomic E-state index is 15.9. The lowest BCUT2D eigenvalue weighted by Crippen LogP contribution is -2.69. The van der Waals surface area contributed by atoms with Crippen molar-refractivity contribution in [3.05, 3.63) is 22.8 Å². The first-order valence-electron chi connectivity index (χ1n) is 12.2. The van der Waals surface area contributed by atoms with Crippen LogP contribution in [-0.2, 0) is 19.0 Å². The van der Waals surface area contributed by atoms with Gasteiger partial charge in [-0.3, -0.25) is 4.79 Å². The number of hydrogen-bond acceptors (Lipinski definition) is 5. The number of fused-ring (bicyclic) bond motifs is 7. The Kier molecular flexibility index (Phi) is 5.95. The second kappa shape index (κ2) is 7.89. The number of alkyl halides is 3. The molecule has 0 unspecified atom stereocenters. The molecule has 0 spiro atoms. The van der Waals surface area contributed by atoms with E-state index in [1.165, 1.54) is 6.08 Å². The molecule has 1 saturated heterocycles. The first-order valence-corrected chi connectivity index (χ1v) is 13.8. The van der Waals surface area contributed by atoms with Gasteiger partial charge < -0.3 is 14.2 Å². The fraction of sp³-hybridized carbons (Fsp3) is 0.769. The Morgan fingerprint density at radius 2 is 1.89 bits per heavy atom. The van der Waals surface area contributed by atoms with Crippen molar-refractivity contribution in [1.29, 1.82) is 0 Å². The van der Waals surface area contributed by atoms with Gasteiger partial charge in [-0.25, -0.2) is 4.39 Å². The highest BCUT2D eigenvalue weighted by molar-refractivity contribution is 7.80. The van der Waals surface area contributed by atoms with Crippen molar-refractivity contribution in [3.63, 3.8) is 0 Å². The predicted octanol–water partition coefficient (Wildman–Crippen LogP) is 6.64. The van der Waals surface area contributed by atoms with Gasteiger partial charge in [0.25, 0.3) is 0 Å². The molecule has 0 aromatic heterocycles. The summed E-state index contributed by atoms with van der Waals surface area (Å²) in [6.07, 6.45) is 2.31. The van der Waals surface area contributed by atoms with Crippen LogP contribution in [0.15, 0.2) is 22.8 Å². The maximum Gasteiger partial charge on any atom is 0.196 e. The van der Waals surface area contributed by atoms with Crippen LogP contribution in [0.4, 0.5) is 4.39 Å². The lowest BCUT2D eigenvalue weighted by atomic mass is 9.46. The van der Waals surface area contributed by atoms with Gasteiger partial charge in [0.15, 0.2) is 22.2 Å². The van der Waals surface area contributed by atoms with Gasteiger partial charge in [0.1, 0.15) is 6.17 Å². The van der Waals surface area contributed by atoms with E-state index in [0.29, 0.717) is 17.9 Å². The average molecular weight is 566 g/mol. The molecule has 1 aliphatic heterocycles. The van der Waals surface area contributed by atoms with E-state index < -0.39 is 44.4 Å². The van der Waals surface area contributed by atoms with Crippen LogP contribution in [0.1, 0.15) is 60.8 Å². The summed E-state index contributed by atoms with van der Waals surface area (Å²) in [4.78, 5) is 11.3. The van der Waals surface area contributed by atoms with E-state index in [-0.39, 0.29) is 41.1 Å². The van der Waals surface area contributed by atoms with Crippen molar-refractivity contribution in [3.8, 4) is 0 Å². The summed E-state index contributed by atoms with van der Waals surface area (Å²) in [5.41, 5.74) is -2.41. The number of rotatable bonds is 2. The van der Waals surface area contributed by atoms with Crippen LogP contribution in [0.5, 0.6) is 0 Å². The molecule has 5 rings (SSSR count). The lowest BCUT2D eigenvalue weighted by Gasteiger charge is -2.64. The molecule has 1 heterocycles. The van der Waals surface area contributed by atoms with Crippen molar-refractivity contribution < 1.29 is 23.4 Å². The molecular weight excluding hydrogens is 534 g/mol. The van der Waals surface area contributed by atoms with E-state index in [1.807, 2.05) is 34.6 Å². The third kappa shape index (κ3) is 3.16. The summed E-state index contributed by atoms with van der Waals surface area (Å²) in [7, 11) is 0. The second-order valence-corrected chi connectivity index (χ2v) is 13.8. The summed E-state index contributed by atoms with van der Waals surface area (Å²) in [6.45, 7) is 11.6. The monoisotopic (exact) mass is 564 g/mol. The fourth-order valence-corrected chi connectivity index (χ4v) is 10.2. The molecule has 9 atom stereocenters. The second-order valence-electron chi connectivity index (χ2n) is 11.9. The quantitative estimate of drug-likeness (QED) is 0.277. The number of halogens is 4. The van der Waals surface area contributed by atoms with Crippen molar-refractivity contribution in [2.24, 2.45) is 22.7 Å². The van der Waals surface area contributed by atoms with Crippen LogP contribution in [0, 0.1) is 22.7 Å². The van der Waals surface area contributed by atoms with E-state index in [1.54, 1.807) is 6.08 Å². The average Bonchev–Trinajstić information content (AvgIpc) is 3.13. The first-order chi connectivity index (χ1) is 16.0. The molecule has 35 heavy (non-hydrogen) atoms. The largest absolute Gasteiger partial charge is 0.481 e. The van der Waals surface area contributed by atoms with Crippen LogP contribution in [0.2, 0.25) is 0 Å². The van der Waals surface area contributed by atoms with E-state index >= 15 is 4.39 Å². The summed E-state index contributed by atoms with van der Waals surface area (Å²) >= 11 is 27.1. The normalized spacial score (nSPS) is 50.0. The van der Waals surface area contributed by atoms with Gasteiger partial charge >= 0.3 is 0 Å². The highest BCUT2D eigenvalue weighted by Gasteiger charge is 2.79. The highest BCUT2D eigenvalue weighted by atomic mass is 35.5. The molecule has 4 aliphatic carbocycles. The lowest BCUT2D eigenvalue weighted by molar-refractivity contribution is -0.198. The Morgan fingerprint density at radius 1 is 1.23 bits per heavy atom. The minimum Gasteiger partial charge on any atom is -0.481 e. The van der Waals surface area contributed by atoms with E-state index in [4.69, 9.17) is 61.2 Å². The number of hydrogen-bond donors (Lipinski definition) is 0. The Balaban J connectivity index is 1.66. The topological polar surface area (TPSA) is 44.8 Å². The Hall–Kier alpha value is -0.240. The number of ether oxygens (including phenoxy) is 3. The molecule has 3 saturated carbocycles. The maximum absolute atomic E-state index is 15.9. The number of carbonyl (C=O) groups excluding carboxylic acids is 1. The van der Waals surface area contributed by atoms with Gasteiger partial charge in [0.05, 0.1) is 27.5 Å². The Labute approximate surface area is 226 Å². The van der Waals surface area contributed by atoms with Crippen LogP contribution in [-0.4, -0.2) is 50.9 Å². The summed E-state index contributed by atoms with van der Waals surface area (Å²) in [6, 6.07) is 0. The summed E-state index contributed by atoms with van der Waals surface area (Å²) < 4.78 is 35.1. The zero-order valence-corrected chi connectivity index (χ0v) is 23.9. The molecule has 0 amide bonds. The van der Waals surface area contributed by atoms with Crippen molar-refractivity contribution in [2.45, 2.75) is 101 Å². The zero-order valence-electron chi connectivity index (χ0n) is 20.8. The number of ketones is 1. The molecule has 4 fully saturated rings. The number of thiocarbonyl (C=S) groups is 1. The molecule has 0 aromatic rings. The van der Waals surface area contributed by atoms with Gasteiger partial charge in [0.2, 0.25) is 0 Å². The highest BCUT2D eigenvalue weighted by Crippen LogP contribution is 2.74. The van der Waals surface area contributed by atoms with Gasteiger partial charge in [0, 0.05) is 10.8 Å². The minimum atomic E-state index is -1.42. The van der Waals surface area contributed by atoms with Crippen LogP contribution >= 0.6 is 47.0 Å². The molecule has 0 bridgehead atoms. The molecule has 0 radical (unpaired) electrons. The molecule has 194 valence electrons. The van der Waals surface area contributed by atoms with E-state index in [2.05, 4.69) is 6.92 Å². The summed E-state index contributed by atoms with van der Waals surface area (Å²) in [5, 5.41) is -0.322. The van der Waals surface area contributed by atoms with Crippen molar-refractivity contribution in [1.82, 2.24) is 0 Å². The zero-order chi connectivity index (χ0) is 25.9. The van der Waals surface area contributed by atoms with E-state index in [9.17, 15) is 4.79 Å². The van der Waals surface area contributed by atoms with Gasteiger partial charge in [-0.1, -0.05) is 31.5 Å². The van der Waals surface area contributed by atoms with Crippen LogP contribution in [0.3, 0.4) is 0 Å². The summed E-state index contributed by atoms with van der Waals surface area (Å²) in [5.74, 6) is -1.71. The van der Waals surface area contributed by atoms with Crippen LogP contribution in [0.25, 0.3) is 0 Å². The third-order valence-electron chi connectivity index (χ3n) is 9.30. The molecule has 0 N–H and O–H groups in total. The predicted molar refractivity (Wildman–Crippen MR) is 139 cm³/mol. The smallest absolute Gasteiger partial charge is 0.196 e. The Morgan fingerprint density at radius 3 is 2.51 bits per heavy atom. The number of carbonyl (C=O) groups is 1. The molecule has 4 nitrogen and oxygen atoms in total. The molecule has 9 heteroatoms. The third-order valence-corrected chi connectivity index (χ3v) is 11.6. The van der Waals surface area contributed by atoms with Crippen molar-refractivity contribution in [2.75, 3.05) is 0 Å². The minimum absolute atomic E-state index is 0.0853. The van der Waals surface area contributed by atoms with E-state index in [0.717, 1.165) is 0 Å². The number of allylic oxidation sites excluding steroid dienone is 4. The van der Waals surface area contributed by atoms with Crippen molar-refractivity contribution >= 4 is 57.9 Å². The molecular formula is C26H32Cl3FO4S. The SMILES string of the molecule is CC(C)OC(=S)[C@@]12OC(C)(C)O[C@@H]1C[C@H]1[C@@H]3C[C@H](F)C4=C(Cl)C(=O)C=C[C@]4(C)[C@@]3(Cl)[C@@H](Cl)C[C@@]12C. The van der Waals surface area contributed by atoms with Gasteiger partial charge in [-0.2, -0.15) is 0 Å². The fourth-order valence-electron chi connectivity index (χ4n) is 7.98. The first kappa shape index (κ1) is 26.4. The van der Waals surface area contributed by atoms with Crippen LogP contribution < -0.4 is 0 Å². The molecule has 5 aliphatic rings. The van der Waals surface area contributed by atoms with Gasteiger partial charge in [-0.15, -0.1) is 23.2 Å².